The predicted octanol–water partition coefficient (Wildman–Crippen LogP) is 2.75. The summed E-state index contributed by atoms with van der Waals surface area (Å²) in [6.07, 6.45) is 0.641. The maximum absolute atomic E-state index is 11.4. The van der Waals surface area contributed by atoms with Gasteiger partial charge in [0, 0.05) is 25.0 Å². The Kier molecular flexibility index (Phi) is 5.97. The molecule has 2 aromatic rings. The number of nitrogens with one attached hydrogen (secondary N) is 1. The Balaban J connectivity index is 1.97. The van der Waals surface area contributed by atoms with E-state index in [1.165, 1.54) is 12.1 Å². The number of nitro benzene ring substituents is 1. The van der Waals surface area contributed by atoms with Gasteiger partial charge in [0.1, 0.15) is 6.04 Å². The number of benzene rings is 2. The lowest BCUT2D eigenvalue weighted by atomic mass is 10.1. The summed E-state index contributed by atoms with van der Waals surface area (Å²) in [6.45, 7) is 0. The number of carboxylic acids is 1. The van der Waals surface area contributed by atoms with Gasteiger partial charge >= 0.3 is 5.97 Å². The summed E-state index contributed by atoms with van der Waals surface area (Å²) >= 11 is 5.22. The second-order valence-electron chi connectivity index (χ2n) is 5.25. The Morgan fingerprint density at radius 1 is 1.12 bits per heavy atom. The van der Waals surface area contributed by atoms with Crippen molar-refractivity contribution in [1.82, 2.24) is 5.32 Å². The zero-order valence-electron chi connectivity index (χ0n) is 12.7. The zero-order valence-corrected chi connectivity index (χ0v) is 13.5. The summed E-state index contributed by atoms with van der Waals surface area (Å²) in [6, 6.07) is 14.5. The fourth-order valence-corrected chi connectivity index (χ4v) is 2.53. The van der Waals surface area contributed by atoms with Crippen molar-refractivity contribution in [2.24, 2.45) is 0 Å². The number of thiocarbonyl (C=S) groups is 1. The van der Waals surface area contributed by atoms with Gasteiger partial charge in [-0.25, -0.2) is 4.79 Å². The van der Waals surface area contributed by atoms with E-state index in [0.717, 1.165) is 11.1 Å². The number of carboxylic acid groups (broad SMARTS) is 1. The fraction of sp³-hybridized carbons (Fsp3) is 0.176. The third kappa shape index (κ3) is 5.13. The fourth-order valence-electron chi connectivity index (χ4n) is 2.22. The van der Waals surface area contributed by atoms with Crippen molar-refractivity contribution in [1.29, 1.82) is 0 Å². The highest BCUT2D eigenvalue weighted by atomic mass is 32.1. The highest BCUT2D eigenvalue weighted by Crippen LogP contribution is 2.13. The predicted molar refractivity (Wildman–Crippen MR) is 94.1 cm³/mol. The second kappa shape index (κ2) is 8.16. The van der Waals surface area contributed by atoms with E-state index in [2.05, 4.69) is 5.32 Å². The average Bonchev–Trinajstić information content (AvgIpc) is 2.55. The topological polar surface area (TPSA) is 92.5 Å². The van der Waals surface area contributed by atoms with Gasteiger partial charge in [-0.2, -0.15) is 0 Å². The summed E-state index contributed by atoms with van der Waals surface area (Å²) in [7, 11) is 0. The Morgan fingerprint density at radius 3 is 2.29 bits per heavy atom. The largest absolute Gasteiger partial charge is 0.480 e. The molecule has 0 saturated heterocycles. The molecule has 124 valence electrons. The van der Waals surface area contributed by atoms with Crippen LogP contribution in [-0.2, 0) is 17.6 Å². The molecule has 0 amide bonds. The van der Waals surface area contributed by atoms with Gasteiger partial charge < -0.3 is 10.4 Å². The third-order valence-corrected chi connectivity index (χ3v) is 3.69. The number of hydrogen-bond acceptors (Lipinski definition) is 4. The Labute approximate surface area is 144 Å². The maximum Gasteiger partial charge on any atom is 0.326 e. The molecule has 0 heterocycles. The Hall–Kier alpha value is -2.80. The minimum Gasteiger partial charge on any atom is -0.480 e. The molecule has 24 heavy (non-hydrogen) atoms. The Morgan fingerprint density at radius 2 is 1.75 bits per heavy atom. The quantitative estimate of drug-likeness (QED) is 0.456. The zero-order chi connectivity index (χ0) is 17.5. The van der Waals surface area contributed by atoms with Crippen LogP contribution in [0, 0.1) is 10.1 Å². The molecule has 0 saturated carbocycles. The molecule has 0 aliphatic rings. The Bertz CT molecular complexity index is 732. The maximum atomic E-state index is 11.4. The van der Waals surface area contributed by atoms with Gasteiger partial charge in [-0.05, 0) is 11.1 Å². The summed E-state index contributed by atoms with van der Waals surface area (Å²) in [4.78, 5) is 22.0. The van der Waals surface area contributed by atoms with E-state index < -0.39 is 16.9 Å². The highest BCUT2D eigenvalue weighted by Gasteiger charge is 2.19. The lowest BCUT2D eigenvalue weighted by Crippen LogP contribution is -2.42. The van der Waals surface area contributed by atoms with Crippen LogP contribution in [0.5, 0.6) is 0 Å². The monoisotopic (exact) mass is 344 g/mol. The average molecular weight is 344 g/mol. The van der Waals surface area contributed by atoms with Gasteiger partial charge in [0.05, 0.1) is 9.91 Å². The molecule has 7 heteroatoms. The normalized spacial score (nSPS) is 11.5. The first-order valence-corrected chi connectivity index (χ1v) is 7.66. The van der Waals surface area contributed by atoms with E-state index in [9.17, 15) is 20.0 Å². The van der Waals surface area contributed by atoms with Crippen LogP contribution in [0.3, 0.4) is 0 Å². The molecule has 0 radical (unpaired) electrons. The van der Waals surface area contributed by atoms with Crippen LogP contribution >= 0.6 is 12.2 Å². The minimum absolute atomic E-state index is 0.00474. The first kappa shape index (κ1) is 17.6. The number of non-ortho nitro benzene ring substituents is 1. The van der Waals surface area contributed by atoms with E-state index in [1.54, 1.807) is 12.1 Å². The van der Waals surface area contributed by atoms with Crippen molar-refractivity contribution in [3.05, 3.63) is 75.8 Å². The molecule has 0 unspecified atom stereocenters. The number of rotatable bonds is 7. The summed E-state index contributed by atoms with van der Waals surface area (Å²) in [5.74, 6) is -0.982. The summed E-state index contributed by atoms with van der Waals surface area (Å²) in [5.41, 5.74) is 1.68. The van der Waals surface area contributed by atoms with Gasteiger partial charge in [0.15, 0.2) is 0 Å². The van der Waals surface area contributed by atoms with Gasteiger partial charge in [-0.15, -0.1) is 0 Å². The molecular weight excluding hydrogens is 328 g/mol. The number of aliphatic carboxylic acids is 1. The molecule has 6 nitrogen and oxygen atoms in total. The smallest absolute Gasteiger partial charge is 0.326 e. The summed E-state index contributed by atoms with van der Waals surface area (Å²) in [5, 5.41) is 22.8. The van der Waals surface area contributed by atoms with Gasteiger partial charge in [0.2, 0.25) is 0 Å². The minimum atomic E-state index is -0.982. The van der Waals surface area contributed by atoms with Crippen LogP contribution in [0.4, 0.5) is 5.69 Å². The highest BCUT2D eigenvalue weighted by molar-refractivity contribution is 7.80. The van der Waals surface area contributed by atoms with E-state index in [1.807, 2.05) is 30.3 Å². The molecular formula is C17H16N2O4S. The van der Waals surface area contributed by atoms with E-state index in [0.29, 0.717) is 17.8 Å². The van der Waals surface area contributed by atoms with Gasteiger partial charge in [-0.3, -0.25) is 10.1 Å². The van der Waals surface area contributed by atoms with Gasteiger partial charge in [-0.1, -0.05) is 54.7 Å². The molecule has 0 bridgehead atoms. The molecule has 0 aliphatic heterocycles. The first-order valence-electron chi connectivity index (χ1n) is 7.25. The van der Waals surface area contributed by atoms with Crippen LogP contribution in [-0.4, -0.2) is 27.0 Å². The molecule has 0 aliphatic carbocycles. The standard InChI is InChI=1S/C17H16N2O4S/c20-17(21)15(10-12-4-2-1-3-5-12)18-16(24)11-13-6-8-14(9-7-13)19(22)23/h1-9,15H,10-11H2,(H,18,24)(H,20,21)/t15-/m0/s1. The SMILES string of the molecule is O=C(O)[C@H](Cc1ccccc1)NC(=S)Cc1ccc([N+](=O)[O-])cc1. The molecule has 0 aromatic heterocycles. The van der Waals surface area contributed by atoms with Gasteiger partial charge in [0.25, 0.3) is 5.69 Å². The van der Waals surface area contributed by atoms with Crippen LogP contribution in [0.1, 0.15) is 11.1 Å². The summed E-state index contributed by atoms with van der Waals surface area (Å²) < 4.78 is 0. The molecule has 1 atom stereocenters. The first-order chi connectivity index (χ1) is 11.5. The van der Waals surface area contributed by atoms with Crippen molar-refractivity contribution in [3.63, 3.8) is 0 Å². The van der Waals surface area contributed by atoms with Crippen molar-refractivity contribution in [3.8, 4) is 0 Å². The van der Waals surface area contributed by atoms with Crippen LogP contribution in [0.15, 0.2) is 54.6 Å². The molecule has 0 fully saturated rings. The number of hydrogen-bond donors (Lipinski definition) is 2. The number of nitro groups is 1. The molecule has 0 spiro atoms. The number of nitrogens with zero attached hydrogens (tertiary/aromatic N) is 1. The second-order valence-corrected chi connectivity index (χ2v) is 5.74. The van der Waals surface area contributed by atoms with Crippen LogP contribution in [0.2, 0.25) is 0 Å². The van der Waals surface area contributed by atoms with Crippen molar-refractivity contribution >= 4 is 28.9 Å². The third-order valence-electron chi connectivity index (χ3n) is 3.43. The van der Waals surface area contributed by atoms with Crippen LogP contribution in [0.25, 0.3) is 0 Å². The molecule has 2 N–H and O–H groups in total. The van der Waals surface area contributed by atoms with Crippen LogP contribution < -0.4 is 5.32 Å². The van der Waals surface area contributed by atoms with E-state index in [-0.39, 0.29) is 5.69 Å². The molecule has 2 rings (SSSR count). The van der Waals surface area contributed by atoms with E-state index in [4.69, 9.17) is 12.2 Å². The van der Waals surface area contributed by atoms with E-state index >= 15 is 0 Å². The lowest BCUT2D eigenvalue weighted by Gasteiger charge is -2.16. The van der Waals surface area contributed by atoms with Crippen molar-refractivity contribution in [2.75, 3.05) is 0 Å². The van der Waals surface area contributed by atoms with Crippen molar-refractivity contribution < 1.29 is 14.8 Å². The lowest BCUT2D eigenvalue weighted by molar-refractivity contribution is -0.384. The van der Waals surface area contributed by atoms with Crippen molar-refractivity contribution in [2.45, 2.75) is 18.9 Å². The molecule has 2 aromatic carbocycles. The number of carbonyl (C=O) groups is 1.